The number of aliphatic carboxylic acids is 1. The lowest BCUT2D eigenvalue weighted by Gasteiger charge is -2.55. The number of hydrogen-bond acceptors (Lipinski definition) is 6. The van der Waals surface area contributed by atoms with Crippen LogP contribution in [0.5, 0.6) is 5.75 Å². The first-order valence-electron chi connectivity index (χ1n) is 15.8. The second-order valence-corrected chi connectivity index (χ2v) is 13.3. The Balaban J connectivity index is 1.45. The number of halogens is 1. The highest BCUT2D eigenvalue weighted by Crippen LogP contribution is 2.64. The number of phenols is 1. The predicted molar refractivity (Wildman–Crippen MR) is 173 cm³/mol. The Hall–Kier alpha value is -4.82. The van der Waals surface area contributed by atoms with E-state index in [0.29, 0.717) is 21.7 Å². The van der Waals surface area contributed by atoms with Gasteiger partial charge in [-0.1, -0.05) is 83.9 Å². The summed E-state index contributed by atoms with van der Waals surface area (Å²) >= 11 is 6.53. The van der Waals surface area contributed by atoms with Crippen LogP contribution in [0.3, 0.4) is 0 Å². The monoisotopic (exact) mass is 649 g/mol. The van der Waals surface area contributed by atoms with Crippen molar-refractivity contribution in [1.82, 2.24) is 4.90 Å². The van der Waals surface area contributed by atoms with E-state index in [4.69, 9.17) is 16.7 Å². The quantitative estimate of drug-likeness (QED) is 0.247. The van der Waals surface area contributed by atoms with Gasteiger partial charge >= 0.3 is 5.97 Å². The van der Waals surface area contributed by atoms with Crippen LogP contribution in [-0.2, 0) is 29.4 Å². The standard InChI is InChI=1S/C38H32ClNO7/c39-23-13-16-30(41)28(18-23)34-24-14-15-25-33(37(47)40(36(25)46)17-7-12-32(43)44)27(24)19-29-35(45)26(21-8-3-1-4-9-21)20-31(42)38(29,34)22-10-5-2-6-11-22/h1-6,8-11,13-14,16,18,20,25,27,29,33-34,41H,7,12,15,17,19H2,(H,43,44)/t25-,27+,29-,33-,34+,38-/m0/s1. The van der Waals surface area contributed by atoms with E-state index in [0.717, 1.165) is 5.57 Å². The maximum atomic E-state index is 15.0. The average molecular weight is 650 g/mol. The van der Waals surface area contributed by atoms with Crippen LogP contribution in [-0.4, -0.2) is 51.0 Å². The lowest BCUT2D eigenvalue weighted by Crippen LogP contribution is -2.58. The van der Waals surface area contributed by atoms with Gasteiger partial charge in [-0.3, -0.25) is 28.9 Å². The number of carboxylic acid groups (broad SMARTS) is 1. The molecule has 7 rings (SSSR count). The van der Waals surface area contributed by atoms with E-state index in [2.05, 4.69) is 0 Å². The summed E-state index contributed by atoms with van der Waals surface area (Å²) in [5.74, 6) is -6.25. The van der Waals surface area contributed by atoms with Crippen LogP contribution in [0, 0.1) is 23.7 Å². The van der Waals surface area contributed by atoms with Gasteiger partial charge in [-0.2, -0.15) is 0 Å². The molecular formula is C38H32ClNO7. The van der Waals surface area contributed by atoms with Crippen molar-refractivity contribution in [2.75, 3.05) is 6.54 Å². The Morgan fingerprint density at radius 3 is 2.32 bits per heavy atom. The number of ketones is 2. The third-order valence-corrected chi connectivity index (χ3v) is 10.8. The first-order chi connectivity index (χ1) is 22.6. The fourth-order valence-electron chi connectivity index (χ4n) is 8.65. The summed E-state index contributed by atoms with van der Waals surface area (Å²) < 4.78 is 0. The van der Waals surface area contributed by atoms with Crippen molar-refractivity contribution in [2.24, 2.45) is 23.7 Å². The van der Waals surface area contributed by atoms with E-state index < -0.39 is 46.9 Å². The van der Waals surface area contributed by atoms with Crippen molar-refractivity contribution < 1.29 is 34.2 Å². The Morgan fingerprint density at radius 1 is 0.915 bits per heavy atom. The predicted octanol–water partition coefficient (Wildman–Crippen LogP) is 5.73. The van der Waals surface area contributed by atoms with Gasteiger partial charge in [-0.15, -0.1) is 0 Å². The minimum Gasteiger partial charge on any atom is -0.508 e. The molecule has 3 aromatic rings. The molecule has 0 bridgehead atoms. The van der Waals surface area contributed by atoms with Crippen molar-refractivity contribution >= 4 is 46.5 Å². The van der Waals surface area contributed by atoms with E-state index in [9.17, 15) is 29.1 Å². The Bertz CT molecular complexity index is 1880. The lowest BCUT2D eigenvalue weighted by atomic mass is 9.44. The average Bonchev–Trinajstić information content (AvgIpc) is 3.32. The molecule has 4 aliphatic rings. The number of allylic oxidation sites excluding steroid dienone is 4. The number of imide groups is 1. The summed E-state index contributed by atoms with van der Waals surface area (Å²) in [4.78, 5) is 69.8. The van der Waals surface area contributed by atoms with Crippen molar-refractivity contribution in [3.63, 3.8) is 0 Å². The molecule has 1 saturated heterocycles. The maximum absolute atomic E-state index is 15.0. The third-order valence-electron chi connectivity index (χ3n) is 10.5. The molecule has 0 aromatic heterocycles. The number of hydrogen-bond donors (Lipinski definition) is 2. The fraction of sp³-hybridized carbons (Fsp3) is 0.289. The number of Topliss-reactive ketones (excluding diaryl/α,β-unsaturated/α-hetero) is 1. The number of phenolic OH excluding ortho intramolecular Hbond substituents is 1. The van der Waals surface area contributed by atoms with Crippen LogP contribution in [0.2, 0.25) is 5.02 Å². The van der Waals surface area contributed by atoms with Gasteiger partial charge in [-0.05, 0) is 60.6 Å². The number of amides is 2. The van der Waals surface area contributed by atoms with Crippen LogP contribution >= 0.6 is 11.6 Å². The van der Waals surface area contributed by atoms with Gasteiger partial charge in [0.15, 0.2) is 11.6 Å². The van der Waals surface area contributed by atoms with Crippen molar-refractivity contribution in [2.45, 2.75) is 37.0 Å². The molecule has 47 heavy (non-hydrogen) atoms. The van der Waals surface area contributed by atoms with Gasteiger partial charge in [-0.25, -0.2) is 0 Å². The van der Waals surface area contributed by atoms with Gasteiger partial charge in [0.1, 0.15) is 5.75 Å². The van der Waals surface area contributed by atoms with E-state index >= 15 is 0 Å². The molecule has 0 radical (unpaired) electrons. The highest BCUT2D eigenvalue weighted by molar-refractivity contribution is 6.32. The van der Waals surface area contributed by atoms with Crippen LogP contribution in [0.4, 0.5) is 0 Å². The first kappa shape index (κ1) is 30.8. The summed E-state index contributed by atoms with van der Waals surface area (Å²) in [6.45, 7) is -0.00673. The Labute approximate surface area is 276 Å². The minimum absolute atomic E-state index is 0.00673. The Morgan fingerprint density at radius 2 is 1.62 bits per heavy atom. The minimum atomic E-state index is -1.47. The third kappa shape index (κ3) is 4.76. The maximum Gasteiger partial charge on any atom is 0.303 e. The molecule has 8 nitrogen and oxygen atoms in total. The van der Waals surface area contributed by atoms with Gasteiger partial charge in [0.25, 0.3) is 0 Å². The van der Waals surface area contributed by atoms with Crippen molar-refractivity contribution in [3.8, 4) is 5.75 Å². The van der Waals surface area contributed by atoms with E-state index in [1.54, 1.807) is 36.4 Å². The number of carbonyl (C=O) groups is 5. The molecule has 2 amide bonds. The zero-order chi connectivity index (χ0) is 33.0. The summed E-state index contributed by atoms with van der Waals surface area (Å²) in [7, 11) is 0. The highest BCUT2D eigenvalue weighted by Gasteiger charge is 2.66. The zero-order valence-electron chi connectivity index (χ0n) is 25.3. The summed E-state index contributed by atoms with van der Waals surface area (Å²) in [6, 6.07) is 22.8. The van der Waals surface area contributed by atoms with E-state index in [1.165, 1.54) is 17.0 Å². The van der Waals surface area contributed by atoms with Crippen LogP contribution in [0.25, 0.3) is 5.57 Å². The lowest BCUT2D eigenvalue weighted by molar-refractivity contribution is -0.142. The van der Waals surface area contributed by atoms with Crippen LogP contribution < -0.4 is 0 Å². The normalized spacial score (nSPS) is 28.3. The zero-order valence-corrected chi connectivity index (χ0v) is 26.1. The molecule has 3 aliphatic carbocycles. The van der Waals surface area contributed by atoms with Gasteiger partial charge < -0.3 is 10.2 Å². The number of rotatable bonds is 7. The first-order valence-corrected chi connectivity index (χ1v) is 16.2. The van der Waals surface area contributed by atoms with Gasteiger partial charge in [0, 0.05) is 41.0 Å². The fourth-order valence-corrected chi connectivity index (χ4v) is 8.83. The summed E-state index contributed by atoms with van der Waals surface area (Å²) in [5, 5.41) is 20.9. The largest absolute Gasteiger partial charge is 0.508 e. The van der Waals surface area contributed by atoms with Crippen LogP contribution in [0.15, 0.2) is 96.6 Å². The molecular weight excluding hydrogens is 618 g/mol. The molecule has 3 aromatic carbocycles. The number of benzene rings is 3. The molecule has 238 valence electrons. The second-order valence-electron chi connectivity index (χ2n) is 12.8. The van der Waals surface area contributed by atoms with E-state index in [-0.39, 0.29) is 61.0 Å². The number of aromatic hydroxyl groups is 1. The Kier molecular flexibility index (Phi) is 7.71. The topological polar surface area (TPSA) is 129 Å². The molecule has 0 spiro atoms. The van der Waals surface area contributed by atoms with E-state index in [1.807, 2.05) is 42.5 Å². The molecule has 1 saturated carbocycles. The number of fused-ring (bicyclic) bond motifs is 4. The molecule has 6 atom stereocenters. The summed E-state index contributed by atoms with van der Waals surface area (Å²) in [5.41, 5.74) is 1.12. The molecule has 1 aliphatic heterocycles. The van der Waals surface area contributed by atoms with Crippen molar-refractivity contribution in [3.05, 3.63) is 118 Å². The smallest absolute Gasteiger partial charge is 0.303 e. The SMILES string of the molecule is O=C(O)CCCN1C(=O)[C@H]2[C@H](CC=C3[C@H]2C[C@H]2C(=O)C(c4ccccc4)=CC(=O)[C@@]2(c2ccccc2)[C@H]3c2cc(Cl)ccc2O)C1=O. The number of likely N-dealkylation sites (tertiary alicyclic amines) is 1. The van der Waals surface area contributed by atoms with Gasteiger partial charge in [0.2, 0.25) is 11.8 Å². The molecule has 0 unspecified atom stereocenters. The second kappa shape index (κ2) is 11.8. The van der Waals surface area contributed by atoms with Crippen LogP contribution in [0.1, 0.15) is 48.3 Å². The molecule has 2 N–H and O–H groups in total. The van der Waals surface area contributed by atoms with Crippen molar-refractivity contribution in [1.29, 1.82) is 0 Å². The number of nitrogens with zero attached hydrogens (tertiary/aromatic N) is 1. The summed E-state index contributed by atoms with van der Waals surface area (Å²) in [6.07, 6.45) is 3.67. The number of carboxylic acids is 1. The molecule has 2 fully saturated rings. The highest BCUT2D eigenvalue weighted by atomic mass is 35.5. The molecule has 9 heteroatoms. The van der Waals surface area contributed by atoms with Gasteiger partial charge in [0.05, 0.1) is 17.3 Å². The molecule has 1 heterocycles. The number of carbonyl (C=O) groups excluding carboxylic acids is 4.